The summed E-state index contributed by atoms with van der Waals surface area (Å²) < 4.78 is 44.8. The zero-order valence-electron chi connectivity index (χ0n) is 15.6. The standard InChI is InChI=1S/C22H17F3N2O3/c23-22(24,25)15-5-3-6-16(10-15)26-21(28)27-20-14(12-30-27)11-29-18-9-8-13-4-1-2-7-17(13)19(18)20/h1-10,14,20H,11-12H2,(H,26,28)/t14-,20+/m1/s1. The summed E-state index contributed by atoms with van der Waals surface area (Å²) >= 11 is 0. The number of fused-ring (bicyclic) bond motifs is 5. The predicted molar refractivity (Wildman–Crippen MR) is 104 cm³/mol. The Hall–Kier alpha value is -3.26. The lowest BCUT2D eigenvalue weighted by atomic mass is 9.88. The number of carbonyl (C=O) groups is 1. The van der Waals surface area contributed by atoms with Gasteiger partial charge in [-0.1, -0.05) is 36.4 Å². The number of benzene rings is 3. The smallest absolute Gasteiger partial charge is 0.416 e. The fourth-order valence-electron chi connectivity index (χ4n) is 4.07. The van der Waals surface area contributed by atoms with Crippen LogP contribution in [0, 0.1) is 5.92 Å². The molecule has 0 radical (unpaired) electrons. The number of hydrogen-bond acceptors (Lipinski definition) is 3. The molecular formula is C22H17F3N2O3. The number of hydrogen-bond donors (Lipinski definition) is 1. The van der Waals surface area contributed by atoms with Crippen LogP contribution in [0.25, 0.3) is 10.8 Å². The molecule has 2 aliphatic rings. The minimum absolute atomic E-state index is 0.0482. The van der Waals surface area contributed by atoms with E-state index in [0.29, 0.717) is 12.4 Å². The van der Waals surface area contributed by atoms with Gasteiger partial charge in [0.05, 0.1) is 24.8 Å². The fourth-order valence-corrected chi connectivity index (χ4v) is 4.07. The van der Waals surface area contributed by atoms with Crippen molar-refractivity contribution in [2.75, 3.05) is 18.5 Å². The first-order valence-electron chi connectivity index (χ1n) is 9.46. The molecule has 5 nitrogen and oxygen atoms in total. The number of alkyl halides is 3. The molecule has 3 aromatic rings. The van der Waals surface area contributed by atoms with Crippen LogP contribution in [0.3, 0.4) is 0 Å². The molecule has 30 heavy (non-hydrogen) atoms. The lowest BCUT2D eigenvalue weighted by molar-refractivity contribution is -0.137. The van der Waals surface area contributed by atoms with Gasteiger partial charge in [0.2, 0.25) is 0 Å². The van der Waals surface area contributed by atoms with Crippen molar-refractivity contribution in [2.45, 2.75) is 12.2 Å². The molecule has 3 aromatic carbocycles. The van der Waals surface area contributed by atoms with Gasteiger partial charge in [0.25, 0.3) is 0 Å². The molecule has 5 rings (SSSR count). The van der Waals surface area contributed by atoms with E-state index in [1.165, 1.54) is 17.2 Å². The molecule has 0 aromatic heterocycles. The quantitative estimate of drug-likeness (QED) is 0.581. The highest BCUT2D eigenvalue weighted by Crippen LogP contribution is 2.46. The Morgan fingerprint density at radius 3 is 2.70 bits per heavy atom. The Kier molecular flexibility index (Phi) is 4.32. The number of halogens is 3. The number of urea groups is 1. The highest BCUT2D eigenvalue weighted by molar-refractivity contribution is 5.92. The Morgan fingerprint density at radius 1 is 1.03 bits per heavy atom. The second-order valence-electron chi connectivity index (χ2n) is 7.34. The van der Waals surface area contributed by atoms with Crippen molar-refractivity contribution in [1.29, 1.82) is 0 Å². The molecule has 2 atom stereocenters. The van der Waals surface area contributed by atoms with Gasteiger partial charge in [0.15, 0.2) is 0 Å². The van der Waals surface area contributed by atoms with Gasteiger partial charge in [-0.3, -0.25) is 4.84 Å². The minimum atomic E-state index is -4.49. The average molecular weight is 414 g/mol. The molecule has 0 spiro atoms. The van der Waals surface area contributed by atoms with Gasteiger partial charge in [0.1, 0.15) is 5.75 Å². The van der Waals surface area contributed by atoms with E-state index < -0.39 is 23.8 Å². The number of nitrogens with one attached hydrogen (secondary N) is 1. The van der Waals surface area contributed by atoms with Crippen molar-refractivity contribution in [1.82, 2.24) is 5.06 Å². The van der Waals surface area contributed by atoms with E-state index >= 15 is 0 Å². The van der Waals surface area contributed by atoms with Crippen molar-refractivity contribution < 1.29 is 27.5 Å². The summed E-state index contributed by atoms with van der Waals surface area (Å²) in [5, 5.41) is 5.71. The van der Waals surface area contributed by atoms with Crippen LogP contribution in [0.5, 0.6) is 5.75 Å². The molecule has 2 aliphatic heterocycles. The summed E-state index contributed by atoms with van der Waals surface area (Å²) in [5.74, 6) is 0.605. The Bertz CT molecular complexity index is 1130. The third-order valence-electron chi connectivity index (χ3n) is 5.45. The Labute approximate surface area is 169 Å². The molecule has 0 bridgehead atoms. The van der Waals surface area contributed by atoms with Gasteiger partial charge in [-0.25, -0.2) is 4.79 Å². The monoisotopic (exact) mass is 414 g/mol. The van der Waals surface area contributed by atoms with Crippen LogP contribution in [0.2, 0.25) is 0 Å². The van der Waals surface area contributed by atoms with Gasteiger partial charge in [0, 0.05) is 17.2 Å². The Balaban J connectivity index is 1.48. The maximum atomic E-state index is 13.0. The first-order valence-corrected chi connectivity index (χ1v) is 9.46. The van der Waals surface area contributed by atoms with Crippen LogP contribution in [-0.2, 0) is 11.0 Å². The topological polar surface area (TPSA) is 50.8 Å². The molecule has 8 heteroatoms. The summed E-state index contributed by atoms with van der Waals surface area (Å²) in [7, 11) is 0. The summed E-state index contributed by atoms with van der Waals surface area (Å²) in [6.45, 7) is 0.673. The molecule has 2 amide bonds. The van der Waals surface area contributed by atoms with Crippen LogP contribution in [0.15, 0.2) is 60.7 Å². The van der Waals surface area contributed by atoms with Crippen molar-refractivity contribution >= 4 is 22.5 Å². The lowest BCUT2D eigenvalue weighted by Crippen LogP contribution is -2.37. The fraction of sp³-hybridized carbons (Fsp3) is 0.227. The number of amides is 2. The van der Waals surface area contributed by atoms with E-state index in [4.69, 9.17) is 9.57 Å². The average Bonchev–Trinajstić information content (AvgIpc) is 3.17. The first-order chi connectivity index (χ1) is 14.4. The van der Waals surface area contributed by atoms with Crippen molar-refractivity contribution in [3.63, 3.8) is 0 Å². The van der Waals surface area contributed by atoms with E-state index in [2.05, 4.69) is 5.32 Å². The van der Waals surface area contributed by atoms with E-state index in [1.54, 1.807) is 0 Å². The molecule has 0 unspecified atom stereocenters. The largest absolute Gasteiger partial charge is 0.493 e. The van der Waals surface area contributed by atoms with Crippen LogP contribution in [0.1, 0.15) is 17.2 Å². The predicted octanol–water partition coefficient (Wildman–Crippen LogP) is 5.39. The molecule has 1 fully saturated rings. The summed E-state index contributed by atoms with van der Waals surface area (Å²) in [6.07, 6.45) is -4.49. The van der Waals surface area contributed by atoms with Gasteiger partial charge in [-0.15, -0.1) is 0 Å². The number of carbonyl (C=O) groups excluding carboxylic acids is 1. The third-order valence-corrected chi connectivity index (χ3v) is 5.45. The molecule has 2 heterocycles. The summed E-state index contributed by atoms with van der Waals surface area (Å²) in [5.41, 5.74) is 0.0658. The van der Waals surface area contributed by atoms with Crippen molar-refractivity contribution in [2.24, 2.45) is 5.92 Å². The first kappa shape index (κ1) is 18.7. The SMILES string of the molecule is O=C(Nc1cccc(C(F)(F)F)c1)N1OC[C@H]2COc3ccc4ccccc4c3[C@H]21. The molecular weight excluding hydrogens is 397 g/mol. The highest BCUT2D eigenvalue weighted by Gasteiger charge is 2.45. The summed E-state index contributed by atoms with van der Waals surface area (Å²) in [6, 6.07) is 15.1. The van der Waals surface area contributed by atoms with E-state index in [0.717, 1.165) is 28.5 Å². The minimum Gasteiger partial charge on any atom is -0.493 e. The van der Waals surface area contributed by atoms with Crippen molar-refractivity contribution in [3.8, 4) is 5.75 Å². The lowest BCUT2D eigenvalue weighted by Gasteiger charge is -2.32. The zero-order valence-corrected chi connectivity index (χ0v) is 15.6. The van der Waals surface area contributed by atoms with Gasteiger partial charge < -0.3 is 10.1 Å². The third kappa shape index (κ3) is 3.13. The highest BCUT2D eigenvalue weighted by atomic mass is 19.4. The second kappa shape index (κ2) is 6.91. The van der Waals surface area contributed by atoms with Crippen LogP contribution in [-0.4, -0.2) is 24.3 Å². The van der Waals surface area contributed by atoms with Crippen molar-refractivity contribution in [3.05, 3.63) is 71.8 Å². The summed E-state index contributed by atoms with van der Waals surface area (Å²) in [4.78, 5) is 18.6. The van der Waals surface area contributed by atoms with Gasteiger partial charge in [-0.2, -0.15) is 18.2 Å². The number of ether oxygens (including phenoxy) is 1. The molecule has 1 N–H and O–H groups in total. The molecule has 0 aliphatic carbocycles. The molecule has 0 saturated carbocycles. The van der Waals surface area contributed by atoms with E-state index in [1.807, 2.05) is 36.4 Å². The number of hydroxylamine groups is 2. The molecule has 154 valence electrons. The van der Waals surface area contributed by atoms with Crippen LogP contribution in [0.4, 0.5) is 23.7 Å². The van der Waals surface area contributed by atoms with Crippen LogP contribution < -0.4 is 10.1 Å². The van der Waals surface area contributed by atoms with Crippen LogP contribution >= 0.6 is 0 Å². The maximum absolute atomic E-state index is 13.0. The van der Waals surface area contributed by atoms with Gasteiger partial charge in [-0.05, 0) is 35.0 Å². The van der Waals surface area contributed by atoms with E-state index in [-0.39, 0.29) is 18.2 Å². The second-order valence-corrected chi connectivity index (χ2v) is 7.34. The molecule has 1 saturated heterocycles. The maximum Gasteiger partial charge on any atom is 0.416 e. The Morgan fingerprint density at radius 2 is 1.87 bits per heavy atom. The number of anilines is 1. The number of nitrogens with zero attached hydrogens (tertiary/aromatic N) is 1. The number of rotatable bonds is 1. The normalized spacial score (nSPS) is 20.4. The van der Waals surface area contributed by atoms with E-state index in [9.17, 15) is 18.0 Å². The van der Waals surface area contributed by atoms with Gasteiger partial charge >= 0.3 is 12.2 Å². The zero-order chi connectivity index (χ0) is 20.9.